The second-order valence-electron chi connectivity index (χ2n) is 9.30. The molecule has 0 radical (unpaired) electrons. The van der Waals surface area contributed by atoms with Crippen LogP contribution in [0, 0.1) is 0 Å². The molecule has 0 atom stereocenters. The van der Waals surface area contributed by atoms with Gasteiger partial charge in [0.05, 0.1) is 13.2 Å². The van der Waals surface area contributed by atoms with Gasteiger partial charge >= 0.3 is 6.03 Å². The van der Waals surface area contributed by atoms with Crippen LogP contribution in [0.1, 0.15) is 13.3 Å². The molecule has 3 aromatic rings. The highest BCUT2D eigenvalue weighted by molar-refractivity contribution is 6.30. The molecule has 3 heterocycles. The van der Waals surface area contributed by atoms with Crippen molar-refractivity contribution in [3.05, 3.63) is 53.6 Å². The third kappa shape index (κ3) is 6.69. The number of nitrogens with one attached hydrogen (secondary N) is 2. The number of likely N-dealkylation sites (N-methyl/N-ethyl adjacent to an activating group) is 1. The molecule has 38 heavy (non-hydrogen) atoms. The fourth-order valence-electron chi connectivity index (χ4n) is 4.55. The summed E-state index contributed by atoms with van der Waals surface area (Å²) in [6, 6.07) is 14.2. The normalized spacial score (nSPS) is 16.7. The Kier molecular flexibility index (Phi) is 8.52. The van der Waals surface area contributed by atoms with Crippen LogP contribution in [-0.4, -0.2) is 84.9 Å². The van der Waals surface area contributed by atoms with Crippen LogP contribution in [-0.2, 0) is 4.74 Å². The molecule has 200 valence electrons. The Morgan fingerprint density at radius 1 is 0.816 bits per heavy atom. The van der Waals surface area contributed by atoms with E-state index in [0.717, 1.165) is 57.8 Å². The second-order valence-corrected chi connectivity index (χ2v) is 9.73. The number of aromatic nitrogens is 3. The van der Waals surface area contributed by atoms with Crippen LogP contribution < -0.4 is 20.4 Å². The summed E-state index contributed by atoms with van der Waals surface area (Å²) in [5.74, 6) is 2.00. The van der Waals surface area contributed by atoms with E-state index in [4.69, 9.17) is 31.3 Å². The van der Waals surface area contributed by atoms with Crippen LogP contribution in [0.2, 0.25) is 5.02 Å². The first-order valence-electron chi connectivity index (χ1n) is 13.1. The van der Waals surface area contributed by atoms with Crippen molar-refractivity contribution in [2.45, 2.75) is 13.3 Å². The highest BCUT2D eigenvalue weighted by Gasteiger charge is 2.22. The van der Waals surface area contributed by atoms with Gasteiger partial charge in [0.1, 0.15) is 0 Å². The zero-order chi connectivity index (χ0) is 26.3. The number of carbonyl (C=O) groups is 1. The second kappa shape index (κ2) is 12.4. The molecule has 2 N–H and O–H groups in total. The average molecular weight is 537 g/mol. The van der Waals surface area contributed by atoms with Crippen molar-refractivity contribution in [2.75, 3.05) is 79.5 Å². The van der Waals surface area contributed by atoms with Crippen LogP contribution in [0.25, 0.3) is 11.4 Å². The van der Waals surface area contributed by atoms with Gasteiger partial charge in [0, 0.05) is 54.7 Å². The Balaban J connectivity index is 1.34. The van der Waals surface area contributed by atoms with Gasteiger partial charge in [-0.1, -0.05) is 18.5 Å². The first-order valence-corrected chi connectivity index (χ1v) is 13.5. The maximum Gasteiger partial charge on any atom is 0.323 e. The Bertz CT molecular complexity index is 1220. The Morgan fingerprint density at radius 3 is 2.05 bits per heavy atom. The summed E-state index contributed by atoms with van der Waals surface area (Å²) in [7, 11) is 0. The molecular formula is C27H33ClN8O2. The number of benzene rings is 2. The lowest BCUT2D eigenvalue weighted by Gasteiger charge is -2.28. The van der Waals surface area contributed by atoms with Crippen LogP contribution in [0.4, 0.5) is 28.1 Å². The summed E-state index contributed by atoms with van der Waals surface area (Å²) in [6.45, 7) is 9.92. The van der Waals surface area contributed by atoms with Gasteiger partial charge in [-0.15, -0.1) is 0 Å². The van der Waals surface area contributed by atoms with E-state index in [1.54, 1.807) is 24.3 Å². The van der Waals surface area contributed by atoms with Crippen molar-refractivity contribution >= 4 is 40.9 Å². The van der Waals surface area contributed by atoms with E-state index in [9.17, 15) is 4.79 Å². The van der Waals surface area contributed by atoms with E-state index in [1.165, 1.54) is 0 Å². The predicted molar refractivity (Wildman–Crippen MR) is 151 cm³/mol. The lowest BCUT2D eigenvalue weighted by atomic mass is 10.2. The van der Waals surface area contributed by atoms with Crippen molar-refractivity contribution in [3.63, 3.8) is 0 Å². The smallest absolute Gasteiger partial charge is 0.323 e. The molecule has 2 aliphatic rings. The van der Waals surface area contributed by atoms with Crippen LogP contribution in [0.15, 0.2) is 48.5 Å². The van der Waals surface area contributed by atoms with Gasteiger partial charge in [-0.3, -0.25) is 0 Å². The number of rotatable bonds is 6. The van der Waals surface area contributed by atoms with Crippen molar-refractivity contribution in [2.24, 2.45) is 0 Å². The number of hydrogen-bond acceptors (Lipinski definition) is 8. The topological polar surface area (TPSA) is 98.8 Å². The van der Waals surface area contributed by atoms with E-state index >= 15 is 0 Å². The van der Waals surface area contributed by atoms with Crippen molar-refractivity contribution in [3.8, 4) is 11.4 Å². The Morgan fingerprint density at radius 2 is 1.42 bits per heavy atom. The Labute approximate surface area is 228 Å². The quantitative estimate of drug-likeness (QED) is 0.483. The van der Waals surface area contributed by atoms with Gasteiger partial charge in [0.2, 0.25) is 11.9 Å². The number of urea groups is 1. The fraction of sp³-hybridized carbons (Fsp3) is 0.407. The lowest BCUT2D eigenvalue weighted by Crippen LogP contribution is -2.38. The molecule has 2 aromatic carbocycles. The number of amides is 2. The number of nitrogens with zero attached hydrogens (tertiary/aromatic N) is 6. The summed E-state index contributed by atoms with van der Waals surface area (Å²) in [6.07, 6.45) is 1.07. The third-order valence-corrected chi connectivity index (χ3v) is 6.98. The maximum absolute atomic E-state index is 12.4. The van der Waals surface area contributed by atoms with E-state index in [-0.39, 0.29) is 6.03 Å². The number of halogens is 1. The zero-order valence-corrected chi connectivity index (χ0v) is 22.3. The van der Waals surface area contributed by atoms with E-state index < -0.39 is 0 Å². The molecule has 2 aliphatic heterocycles. The zero-order valence-electron chi connectivity index (χ0n) is 21.6. The van der Waals surface area contributed by atoms with Crippen LogP contribution in [0.3, 0.4) is 0 Å². The predicted octanol–water partition coefficient (Wildman–Crippen LogP) is 4.20. The molecule has 2 fully saturated rings. The number of ether oxygens (including phenoxy) is 1. The van der Waals surface area contributed by atoms with Crippen molar-refractivity contribution < 1.29 is 9.53 Å². The average Bonchev–Trinajstić information content (AvgIpc) is 3.21. The number of anilines is 4. The minimum atomic E-state index is -0.334. The molecule has 0 unspecified atom stereocenters. The molecule has 5 rings (SSSR count). The Hall–Kier alpha value is -3.47. The molecule has 10 nitrogen and oxygen atoms in total. The van der Waals surface area contributed by atoms with Crippen LogP contribution in [0.5, 0.6) is 0 Å². The molecular weight excluding hydrogens is 504 g/mol. The molecule has 1 aromatic heterocycles. The summed E-state index contributed by atoms with van der Waals surface area (Å²) in [4.78, 5) is 33.9. The summed E-state index contributed by atoms with van der Waals surface area (Å²) in [5.41, 5.74) is 2.18. The molecule has 0 aliphatic carbocycles. The van der Waals surface area contributed by atoms with Gasteiger partial charge < -0.3 is 30.1 Å². The van der Waals surface area contributed by atoms with E-state index in [2.05, 4.69) is 32.3 Å². The first kappa shape index (κ1) is 26.1. The molecule has 0 spiro atoms. The molecule has 11 heteroatoms. The lowest BCUT2D eigenvalue weighted by molar-refractivity contribution is 0.122. The minimum absolute atomic E-state index is 0.334. The summed E-state index contributed by atoms with van der Waals surface area (Å²) in [5, 5.41) is 6.27. The van der Waals surface area contributed by atoms with Gasteiger partial charge in [-0.25, -0.2) is 4.79 Å². The number of morpholine rings is 1. The highest BCUT2D eigenvalue weighted by atomic mass is 35.5. The van der Waals surface area contributed by atoms with Crippen LogP contribution >= 0.6 is 11.6 Å². The fourth-order valence-corrected chi connectivity index (χ4v) is 4.67. The monoisotopic (exact) mass is 536 g/mol. The maximum atomic E-state index is 12.4. The van der Waals surface area contributed by atoms with Crippen molar-refractivity contribution in [1.29, 1.82) is 0 Å². The summed E-state index contributed by atoms with van der Waals surface area (Å²) >= 11 is 5.91. The summed E-state index contributed by atoms with van der Waals surface area (Å²) < 4.78 is 5.54. The molecule has 0 bridgehead atoms. The van der Waals surface area contributed by atoms with Gasteiger partial charge in [0.25, 0.3) is 0 Å². The van der Waals surface area contributed by atoms with Crippen molar-refractivity contribution in [1.82, 2.24) is 19.9 Å². The van der Waals surface area contributed by atoms with Gasteiger partial charge in [-0.05, 0) is 68.0 Å². The highest BCUT2D eigenvalue weighted by Crippen LogP contribution is 2.24. The van der Waals surface area contributed by atoms with E-state index in [1.807, 2.05) is 24.3 Å². The first-order chi connectivity index (χ1) is 18.6. The molecule has 2 amide bonds. The standard InChI is InChI=1S/C27H33ClN8O2/c1-2-34-12-3-13-35(15-14-34)25-31-24(32-26(33-25)36-16-18-38-19-17-36)20-4-8-22(9-5-20)29-27(37)30-23-10-6-21(28)7-11-23/h4-11H,2-3,12-19H2,1H3,(H2,29,30,37). The van der Waals surface area contributed by atoms with Gasteiger partial charge in [0.15, 0.2) is 5.82 Å². The largest absolute Gasteiger partial charge is 0.378 e. The van der Waals surface area contributed by atoms with Gasteiger partial charge in [-0.2, -0.15) is 15.0 Å². The van der Waals surface area contributed by atoms with E-state index in [0.29, 0.717) is 47.3 Å². The number of carbonyl (C=O) groups excluding carboxylic acids is 1. The molecule has 0 saturated carbocycles. The SMILES string of the molecule is CCN1CCCN(c2nc(-c3ccc(NC(=O)Nc4ccc(Cl)cc4)cc3)nc(N3CCOCC3)n2)CC1. The third-order valence-electron chi connectivity index (χ3n) is 6.73. The molecule has 2 saturated heterocycles. The number of hydrogen-bond donors (Lipinski definition) is 2. The minimum Gasteiger partial charge on any atom is -0.378 e.